The van der Waals surface area contributed by atoms with E-state index in [-0.39, 0.29) is 0 Å². The number of pyridine rings is 1. The Morgan fingerprint density at radius 3 is 2.80 bits per heavy atom. The molecule has 1 saturated carbocycles. The molecule has 4 heteroatoms. The number of hydrogen-bond acceptors (Lipinski definition) is 3. The van der Waals surface area contributed by atoms with Crippen molar-refractivity contribution in [2.24, 2.45) is 5.41 Å². The average molecular weight is 226 g/mol. The van der Waals surface area contributed by atoms with Crippen LogP contribution >= 0.6 is 11.6 Å². The van der Waals surface area contributed by atoms with Gasteiger partial charge in [-0.1, -0.05) is 18.5 Å². The normalized spacial score (nSPS) is 17.5. The van der Waals surface area contributed by atoms with Crippen LogP contribution in [-0.4, -0.2) is 11.5 Å². The molecular formula is C11H16ClN3. The van der Waals surface area contributed by atoms with Gasteiger partial charge in [-0.3, -0.25) is 0 Å². The Kier molecular flexibility index (Phi) is 2.74. The van der Waals surface area contributed by atoms with Crippen molar-refractivity contribution in [3.05, 3.63) is 17.3 Å². The summed E-state index contributed by atoms with van der Waals surface area (Å²) in [5, 5.41) is 3.75. The summed E-state index contributed by atoms with van der Waals surface area (Å²) >= 11 is 5.82. The zero-order valence-electron chi connectivity index (χ0n) is 8.89. The smallest absolute Gasteiger partial charge is 0.133 e. The Hall–Kier alpha value is -0.960. The molecule has 0 aromatic carbocycles. The molecule has 15 heavy (non-hydrogen) atoms. The standard InChI is InChI=1S/C11H16ClN3/c1-2-11(3-4-11)7-14-10-6-8(13)5-9(12)15-10/h5-6H,2-4,7H2,1H3,(H3,13,14,15). The fraction of sp³-hybridized carbons (Fsp3) is 0.545. The predicted octanol–water partition coefficient (Wildman–Crippen LogP) is 2.92. The molecule has 0 amide bonds. The van der Waals surface area contributed by atoms with Crippen molar-refractivity contribution in [1.29, 1.82) is 0 Å². The monoisotopic (exact) mass is 225 g/mol. The SMILES string of the molecule is CCC1(CNc2cc(N)cc(Cl)n2)CC1. The Balaban J connectivity index is 1.99. The van der Waals surface area contributed by atoms with E-state index in [9.17, 15) is 0 Å². The van der Waals surface area contributed by atoms with Crippen molar-refractivity contribution in [3.63, 3.8) is 0 Å². The number of halogens is 1. The maximum atomic E-state index is 5.82. The van der Waals surface area contributed by atoms with Crippen LogP contribution in [0.15, 0.2) is 12.1 Å². The van der Waals surface area contributed by atoms with Crippen LogP contribution in [0, 0.1) is 5.41 Å². The third kappa shape index (κ3) is 2.53. The average Bonchev–Trinajstić information content (AvgIpc) is 2.94. The minimum atomic E-state index is 0.443. The molecule has 0 bridgehead atoms. The summed E-state index contributed by atoms with van der Waals surface area (Å²) in [6, 6.07) is 3.47. The Morgan fingerprint density at radius 1 is 1.53 bits per heavy atom. The number of nitrogens with zero attached hydrogens (tertiary/aromatic N) is 1. The lowest BCUT2D eigenvalue weighted by Gasteiger charge is -2.14. The highest BCUT2D eigenvalue weighted by molar-refractivity contribution is 6.29. The Labute approximate surface area is 95.0 Å². The van der Waals surface area contributed by atoms with E-state index in [2.05, 4.69) is 17.2 Å². The first kappa shape index (κ1) is 10.6. The van der Waals surface area contributed by atoms with Gasteiger partial charge in [0.1, 0.15) is 11.0 Å². The minimum Gasteiger partial charge on any atom is -0.399 e. The summed E-state index contributed by atoms with van der Waals surface area (Å²) in [5.41, 5.74) is 6.83. The van der Waals surface area contributed by atoms with E-state index in [0.717, 1.165) is 12.4 Å². The van der Waals surface area contributed by atoms with Crippen LogP contribution in [0.25, 0.3) is 0 Å². The van der Waals surface area contributed by atoms with Gasteiger partial charge in [-0.15, -0.1) is 0 Å². The highest BCUT2D eigenvalue weighted by atomic mass is 35.5. The van der Waals surface area contributed by atoms with Gasteiger partial charge in [-0.05, 0) is 30.7 Å². The number of nitrogen functional groups attached to an aromatic ring is 1. The van der Waals surface area contributed by atoms with E-state index in [1.54, 1.807) is 6.07 Å². The second-order valence-electron chi connectivity index (χ2n) is 4.32. The van der Waals surface area contributed by atoms with Crippen LogP contribution in [0.3, 0.4) is 0 Å². The number of nitrogens with one attached hydrogen (secondary N) is 1. The molecule has 82 valence electrons. The van der Waals surface area contributed by atoms with E-state index in [4.69, 9.17) is 17.3 Å². The van der Waals surface area contributed by atoms with Crippen molar-refractivity contribution in [2.75, 3.05) is 17.6 Å². The van der Waals surface area contributed by atoms with Gasteiger partial charge in [0, 0.05) is 18.3 Å². The summed E-state index contributed by atoms with van der Waals surface area (Å²) in [7, 11) is 0. The minimum absolute atomic E-state index is 0.443. The summed E-state index contributed by atoms with van der Waals surface area (Å²) in [4.78, 5) is 4.17. The van der Waals surface area contributed by atoms with Crippen molar-refractivity contribution in [1.82, 2.24) is 4.98 Å². The molecule has 0 saturated heterocycles. The van der Waals surface area contributed by atoms with Gasteiger partial charge in [-0.25, -0.2) is 4.98 Å². The van der Waals surface area contributed by atoms with E-state index in [1.807, 2.05) is 6.07 Å². The first-order valence-corrected chi connectivity index (χ1v) is 5.68. The molecule has 1 aromatic rings. The molecule has 3 nitrogen and oxygen atoms in total. The van der Waals surface area contributed by atoms with Crippen LogP contribution in [-0.2, 0) is 0 Å². The Morgan fingerprint density at radius 2 is 2.27 bits per heavy atom. The number of aromatic nitrogens is 1. The van der Waals surface area contributed by atoms with Crippen molar-refractivity contribution < 1.29 is 0 Å². The molecule has 1 aliphatic carbocycles. The van der Waals surface area contributed by atoms with E-state index < -0.39 is 0 Å². The summed E-state index contributed by atoms with van der Waals surface area (Å²) < 4.78 is 0. The van der Waals surface area contributed by atoms with Gasteiger partial charge >= 0.3 is 0 Å². The summed E-state index contributed by atoms with van der Waals surface area (Å²) in [6.45, 7) is 3.20. The highest BCUT2D eigenvalue weighted by Crippen LogP contribution is 2.48. The number of anilines is 2. The fourth-order valence-electron chi connectivity index (χ4n) is 1.72. The van der Waals surface area contributed by atoms with Gasteiger partial charge in [0.25, 0.3) is 0 Å². The molecule has 1 aromatic heterocycles. The lowest BCUT2D eigenvalue weighted by molar-refractivity contribution is 0.521. The quantitative estimate of drug-likeness (QED) is 0.775. The molecule has 1 heterocycles. The maximum Gasteiger partial charge on any atom is 0.133 e. The second kappa shape index (κ2) is 3.89. The zero-order valence-corrected chi connectivity index (χ0v) is 9.64. The van der Waals surface area contributed by atoms with Gasteiger partial charge in [0.15, 0.2) is 0 Å². The number of hydrogen-bond donors (Lipinski definition) is 2. The molecule has 0 radical (unpaired) electrons. The van der Waals surface area contributed by atoms with Crippen LogP contribution in [0.5, 0.6) is 0 Å². The van der Waals surface area contributed by atoms with Crippen molar-refractivity contribution >= 4 is 23.1 Å². The number of rotatable bonds is 4. The topological polar surface area (TPSA) is 50.9 Å². The van der Waals surface area contributed by atoms with Gasteiger partial charge in [0.2, 0.25) is 0 Å². The van der Waals surface area contributed by atoms with Gasteiger partial charge < -0.3 is 11.1 Å². The third-order valence-corrected chi connectivity index (χ3v) is 3.36. The molecule has 1 fully saturated rings. The van der Waals surface area contributed by atoms with Crippen molar-refractivity contribution in [3.8, 4) is 0 Å². The molecule has 2 rings (SSSR count). The second-order valence-corrected chi connectivity index (χ2v) is 4.70. The highest BCUT2D eigenvalue weighted by Gasteiger charge is 2.40. The first-order chi connectivity index (χ1) is 7.13. The number of nitrogens with two attached hydrogens (primary N) is 1. The molecule has 0 spiro atoms. The van der Waals surface area contributed by atoms with Gasteiger partial charge in [0.05, 0.1) is 0 Å². The molecule has 0 atom stereocenters. The molecular weight excluding hydrogens is 210 g/mol. The van der Waals surface area contributed by atoms with Gasteiger partial charge in [-0.2, -0.15) is 0 Å². The third-order valence-electron chi connectivity index (χ3n) is 3.17. The predicted molar refractivity (Wildman–Crippen MR) is 64.1 cm³/mol. The molecule has 3 N–H and O–H groups in total. The molecule has 1 aliphatic rings. The van der Waals surface area contributed by atoms with Crippen LogP contribution in [0.2, 0.25) is 5.15 Å². The van der Waals surface area contributed by atoms with Crippen molar-refractivity contribution in [2.45, 2.75) is 26.2 Å². The van der Waals surface area contributed by atoms with E-state index in [0.29, 0.717) is 16.3 Å². The first-order valence-electron chi connectivity index (χ1n) is 5.30. The Bertz CT molecular complexity index is 341. The van der Waals surface area contributed by atoms with Crippen LogP contribution in [0.1, 0.15) is 26.2 Å². The summed E-state index contributed by atoms with van der Waals surface area (Å²) in [6.07, 6.45) is 3.84. The zero-order chi connectivity index (χ0) is 10.9. The fourth-order valence-corrected chi connectivity index (χ4v) is 1.93. The molecule has 0 aliphatic heterocycles. The molecule has 0 unspecified atom stereocenters. The van der Waals surface area contributed by atoms with E-state index >= 15 is 0 Å². The van der Waals surface area contributed by atoms with E-state index in [1.165, 1.54) is 19.3 Å². The largest absolute Gasteiger partial charge is 0.399 e. The van der Waals surface area contributed by atoms with Crippen LogP contribution in [0.4, 0.5) is 11.5 Å². The summed E-state index contributed by atoms with van der Waals surface area (Å²) in [5.74, 6) is 0.778. The maximum absolute atomic E-state index is 5.82. The van der Waals surface area contributed by atoms with Crippen LogP contribution < -0.4 is 11.1 Å². The lowest BCUT2D eigenvalue weighted by atomic mass is 10.0. The lowest BCUT2D eigenvalue weighted by Crippen LogP contribution is -2.15.